The molecule has 0 saturated heterocycles. The van der Waals surface area contributed by atoms with Crippen LogP contribution >= 0.6 is 0 Å². The lowest BCUT2D eigenvalue weighted by atomic mass is 10.1. The Morgan fingerprint density at radius 1 is 0.680 bits per heavy atom. The molecule has 0 aromatic rings. The molecule has 3 N–H and O–H groups in total. The third-order valence-electron chi connectivity index (χ3n) is 3.70. The van der Waals surface area contributed by atoms with E-state index < -0.39 is 11.9 Å². The van der Waals surface area contributed by atoms with Gasteiger partial charge in [0.1, 0.15) is 0 Å². The summed E-state index contributed by atoms with van der Waals surface area (Å²) in [5, 5.41) is 0. The maximum absolute atomic E-state index is 11.5. The molecule has 0 spiro atoms. The van der Waals surface area contributed by atoms with E-state index in [1.54, 1.807) is 0 Å². The highest BCUT2D eigenvalue weighted by molar-refractivity contribution is 5.91. The molecule has 0 unspecified atom stereocenters. The average molecular weight is 358 g/mol. The summed E-state index contributed by atoms with van der Waals surface area (Å²) in [6, 6.07) is 0. The van der Waals surface area contributed by atoms with E-state index >= 15 is 0 Å². The van der Waals surface area contributed by atoms with Crippen LogP contribution in [0, 0.1) is 11.8 Å². The van der Waals surface area contributed by atoms with E-state index in [0.717, 1.165) is 62.5 Å². The second-order valence-corrected chi connectivity index (χ2v) is 7.15. The van der Waals surface area contributed by atoms with Crippen molar-refractivity contribution in [1.29, 1.82) is 0 Å². The Labute approximate surface area is 154 Å². The maximum atomic E-state index is 11.5. The predicted molar refractivity (Wildman–Crippen MR) is 103 cm³/mol. The summed E-state index contributed by atoms with van der Waals surface area (Å²) >= 11 is 0. The van der Waals surface area contributed by atoms with Gasteiger partial charge in [0.15, 0.2) is 0 Å². The lowest BCUT2D eigenvalue weighted by Crippen LogP contribution is -2.06. The van der Waals surface area contributed by atoms with Gasteiger partial charge in [-0.2, -0.15) is 0 Å². The number of hydrogen-bond donors (Lipinski definition) is 1. The van der Waals surface area contributed by atoms with Crippen LogP contribution < -0.4 is 6.15 Å². The Morgan fingerprint density at radius 2 is 1.04 bits per heavy atom. The Balaban J connectivity index is 0. The fraction of sp³-hybridized carbons (Fsp3) is 0.800. The quantitative estimate of drug-likeness (QED) is 0.261. The second kappa shape index (κ2) is 17.5. The van der Waals surface area contributed by atoms with Crippen molar-refractivity contribution in [1.82, 2.24) is 6.15 Å². The number of carbonyl (C=O) groups excluding carboxylic acids is 2. The van der Waals surface area contributed by atoms with Crippen molar-refractivity contribution in [2.75, 3.05) is 13.2 Å². The normalized spacial score (nSPS) is 11.0. The van der Waals surface area contributed by atoms with E-state index in [9.17, 15) is 9.59 Å². The van der Waals surface area contributed by atoms with Crippen molar-refractivity contribution in [2.45, 2.75) is 79.1 Å². The minimum absolute atomic E-state index is 0. The molecule has 0 aromatic carbocycles. The molecule has 0 bridgehead atoms. The van der Waals surface area contributed by atoms with Crippen LogP contribution in [0.15, 0.2) is 12.2 Å². The van der Waals surface area contributed by atoms with Crippen molar-refractivity contribution in [3.8, 4) is 0 Å². The van der Waals surface area contributed by atoms with Gasteiger partial charge in [-0.05, 0) is 24.7 Å². The van der Waals surface area contributed by atoms with Crippen LogP contribution in [-0.2, 0) is 19.1 Å². The SMILES string of the molecule is CC(C)CCCCCOC(=O)/C=C\C(=O)OCCCCCC(C)C.N. The molecule has 25 heavy (non-hydrogen) atoms. The summed E-state index contributed by atoms with van der Waals surface area (Å²) in [4.78, 5) is 22.9. The third kappa shape index (κ3) is 20.6. The molecule has 0 saturated carbocycles. The molecular weight excluding hydrogens is 318 g/mol. The van der Waals surface area contributed by atoms with E-state index in [0.29, 0.717) is 13.2 Å². The molecule has 0 aliphatic rings. The summed E-state index contributed by atoms with van der Waals surface area (Å²) < 4.78 is 10.1. The van der Waals surface area contributed by atoms with Crippen LogP contribution in [0.5, 0.6) is 0 Å². The summed E-state index contributed by atoms with van der Waals surface area (Å²) in [6.07, 6.45) is 10.9. The van der Waals surface area contributed by atoms with Gasteiger partial charge < -0.3 is 15.6 Å². The lowest BCUT2D eigenvalue weighted by Gasteiger charge is -2.05. The lowest BCUT2D eigenvalue weighted by molar-refractivity contribution is -0.140. The summed E-state index contributed by atoms with van der Waals surface area (Å²) in [5.41, 5.74) is 0. The van der Waals surface area contributed by atoms with Gasteiger partial charge in [-0.25, -0.2) is 9.59 Å². The highest BCUT2D eigenvalue weighted by Gasteiger charge is 2.02. The van der Waals surface area contributed by atoms with Gasteiger partial charge in [-0.3, -0.25) is 0 Å². The van der Waals surface area contributed by atoms with Crippen molar-refractivity contribution in [3.63, 3.8) is 0 Å². The zero-order chi connectivity index (χ0) is 18.2. The molecule has 0 aliphatic heterocycles. The molecule has 0 aromatic heterocycles. The number of rotatable bonds is 14. The molecule has 0 atom stereocenters. The zero-order valence-electron chi connectivity index (χ0n) is 16.7. The van der Waals surface area contributed by atoms with Gasteiger partial charge in [-0.1, -0.05) is 66.2 Å². The predicted octanol–water partition coefficient (Wildman–Crippen LogP) is 5.22. The molecule has 5 heteroatoms. The van der Waals surface area contributed by atoms with Gasteiger partial charge in [0.2, 0.25) is 0 Å². The van der Waals surface area contributed by atoms with Crippen molar-refractivity contribution in [3.05, 3.63) is 12.2 Å². The first kappa shape index (κ1) is 25.9. The van der Waals surface area contributed by atoms with E-state index in [2.05, 4.69) is 27.7 Å². The Bertz CT molecular complexity index is 331. The van der Waals surface area contributed by atoms with Gasteiger partial charge in [0.05, 0.1) is 13.2 Å². The van der Waals surface area contributed by atoms with E-state index in [-0.39, 0.29) is 6.15 Å². The number of carbonyl (C=O) groups is 2. The fourth-order valence-electron chi connectivity index (χ4n) is 2.24. The van der Waals surface area contributed by atoms with Crippen molar-refractivity contribution < 1.29 is 19.1 Å². The van der Waals surface area contributed by atoms with Crippen LogP contribution in [0.2, 0.25) is 0 Å². The molecule has 0 radical (unpaired) electrons. The molecule has 0 heterocycles. The Hall–Kier alpha value is -1.36. The van der Waals surface area contributed by atoms with Crippen LogP contribution in [0.25, 0.3) is 0 Å². The van der Waals surface area contributed by atoms with Gasteiger partial charge in [0.25, 0.3) is 0 Å². The van der Waals surface area contributed by atoms with Crippen LogP contribution in [0.3, 0.4) is 0 Å². The second-order valence-electron chi connectivity index (χ2n) is 7.15. The molecule has 0 rings (SSSR count). The van der Waals surface area contributed by atoms with Crippen molar-refractivity contribution >= 4 is 11.9 Å². The standard InChI is InChI=1S/C20H36O4.H3N/c1-17(2)11-7-5-9-15-23-19(21)13-14-20(22)24-16-10-6-8-12-18(3)4;/h13-14,17-18H,5-12,15-16H2,1-4H3;1H3/b14-13-;. The first-order valence-electron chi connectivity index (χ1n) is 9.43. The topological polar surface area (TPSA) is 87.6 Å². The van der Waals surface area contributed by atoms with Gasteiger partial charge >= 0.3 is 11.9 Å². The fourth-order valence-corrected chi connectivity index (χ4v) is 2.24. The molecule has 5 nitrogen and oxygen atoms in total. The first-order valence-corrected chi connectivity index (χ1v) is 9.43. The maximum Gasteiger partial charge on any atom is 0.331 e. The minimum Gasteiger partial charge on any atom is -0.463 e. The minimum atomic E-state index is -0.479. The Morgan fingerprint density at radius 3 is 1.36 bits per heavy atom. The first-order chi connectivity index (χ1) is 11.4. The number of hydrogen-bond acceptors (Lipinski definition) is 5. The molecule has 0 fully saturated rings. The molecule has 0 amide bonds. The summed E-state index contributed by atoms with van der Waals surface area (Å²) in [7, 11) is 0. The highest BCUT2D eigenvalue weighted by Crippen LogP contribution is 2.08. The molecule has 0 aliphatic carbocycles. The summed E-state index contributed by atoms with van der Waals surface area (Å²) in [5.74, 6) is 0.480. The van der Waals surface area contributed by atoms with Gasteiger partial charge in [-0.15, -0.1) is 0 Å². The number of esters is 2. The van der Waals surface area contributed by atoms with Crippen molar-refractivity contribution in [2.24, 2.45) is 11.8 Å². The highest BCUT2D eigenvalue weighted by atomic mass is 16.5. The third-order valence-corrected chi connectivity index (χ3v) is 3.70. The molecule has 148 valence electrons. The number of unbranched alkanes of at least 4 members (excludes halogenated alkanes) is 4. The van der Waals surface area contributed by atoms with Crippen LogP contribution in [-0.4, -0.2) is 25.2 Å². The number of ether oxygens (including phenoxy) is 2. The van der Waals surface area contributed by atoms with E-state index in [1.165, 1.54) is 12.8 Å². The molecular formula is C20H39NO4. The van der Waals surface area contributed by atoms with Crippen LogP contribution in [0.4, 0.5) is 0 Å². The smallest absolute Gasteiger partial charge is 0.331 e. The Kier molecular flexibility index (Phi) is 18.1. The van der Waals surface area contributed by atoms with E-state index in [1.807, 2.05) is 0 Å². The van der Waals surface area contributed by atoms with Gasteiger partial charge in [0, 0.05) is 12.2 Å². The summed E-state index contributed by atoms with van der Waals surface area (Å²) in [6.45, 7) is 9.63. The largest absolute Gasteiger partial charge is 0.463 e. The van der Waals surface area contributed by atoms with Crippen LogP contribution in [0.1, 0.15) is 79.1 Å². The monoisotopic (exact) mass is 357 g/mol. The zero-order valence-corrected chi connectivity index (χ0v) is 16.7. The average Bonchev–Trinajstić information content (AvgIpc) is 2.51. The van der Waals surface area contributed by atoms with E-state index in [4.69, 9.17) is 9.47 Å².